The zero-order valence-electron chi connectivity index (χ0n) is 12.9. The Morgan fingerprint density at radius 2 is 1.56 bits per heavy atom. The summed E-state index contributed by atoms with van der Waals surface area (Å²) in [4.78, 5) is 22.4. The molecule has 0 unspecified atom stereocenters. The number of halogens is 3. The quantitative estimate of drug-likeness (QED) is 0.472. The van der Waals surface area contributed by atoms with Gasteiger partial charge in [-0.25, -0.2) is 0 Å². The molecule has 0 aliphatic carbocycles. The second-order valence-corrected chi connectivity index (χ2v) is 5.35. The van der Waals surface area contributed by atoms with Crippen LogP contribution in [-0.4, -0.2) is 29.0 Å². The first-order valence-electron chi connectivity index (χ1n) is 7.37. The summed E-state index contributed by atoms with van der Waals surface area (Å²) in [6.45, 7) is -0.253. The van der Waals surface area contributed by atoms with Gasteiger partial charge >= 0.3 is 6.18 Å². The van der Waals surface area contributed by atoms with Crippen molar-refractivity contribution >= 4 is 5.78 Å². The van der Waals surface area contributed by atoms with E-state index in [1.54, 1.807) is 36.4 Å². The molecule has 2 aromatic rings. The number of Topliss-reactive ketones (excluding diaryl/α,β-unsaturated/α-hetero) is 1. The lowest BCUT2D eigenvalue weighted by Gasteiger charge is -2.24. The van der Waals surface area contributed by atoms with Crippen molar-refractivity contribution in [3.8, 4) is 0 Å². The Morgan fingerprint density at radius 3 is 2.04 bits per heavy atom. The second kappa shape index (κ2) is 7.89. The molecule has 25 heavy (non-hydrogen) atoms. The molecule has 0 bridgehead atoms. The highest BCUT2D eigenvalue weighted by molar-refractivity contribution is 5.99. The predicted molar refractivity (Wildman–Crippen MR) is 84.7 cm³/mol. The van der Waals surface area contributed by atoms with Crippen LogP contribution in [0, 0.1) is 10.1 Å². The van der Waals surface area contributed by atoms with Gasteiger partial charge in [-0.2, -0.15) is 13.2 Å². The fourth-order valence-electron chi connectivity index (χ4n) is 2.37. The molecular weight excluding hydrogens is 337 g/mol. The van der Waals surface area contributed by atoms with Gasteiger partial charge in [0.05, 0.1) is 0 Å². The summed E-state index contributed by atoms with van der Waals surface area (Å²) in [5.74, 6) is -1.19. The van der Waals surface area contributed by atoms with E-state index in [-0.39, 0.29) is 12.1 Å². The number of ketones is 1. The van der Waals surface area contributed by atoms with Gasteiger partial charge in [-0.15, -0.1) is 0 Å². The number of carbonyl (C=O) groups is 1. The minimum Gasteiger partial charge on any atom is -0.296 e. The smallest absolute Gasteiger partial charge is 0.296 e. The van der Waals surface area contributed by atoms with Gasteiger partial charge < -0.3 is 0 Å². The molecule has 5 nitrogen and oxygen atoms in total. The summed E-state index contributed by atoms with van der Waals surface area (Å²) in [6.07, 6.45) is -4.96. The van der Waals surface area contributed by atoms with Crippen LogP contribution in [0.15, 0.2) is 60.7 Å². The zero-order chi connectivity index (χ0) is 18.4. The molecule has 0 saturated heterocycles. The SMILES string of the molecule is O=C(c1ccccc1)[C@@H]([C@@H](NCc1ccccc1)C(F)(F)F)[N+](=O)[O-]. The van der Waals surface area contributed by atoms with Gasteiger partial charge in [0.1, 0.15) is 0 Å². The van der Waals surface area contributed by atoms with E-state index < -0.39 is 29.0 Å². The lowest BCUT2D eigenvalue weighted by Crippen LogP contribution is -2.56. The van der Waals surface area contributed by atoms with Crippen LogP contribution in [-0.2, 0) is 6.54 Å². The first kappa shape index (κ1) is 18.6. The average Bonchev–Trinajstić information content (AvgIpc) is 2.58. The van der Waals surface area contributed by atoms with E-state index in [1.165, 1.54) is 24.3 Å². The molecule has 0 aliphatic heterocycles. The molecule has 0 fully saturated rings. The maximum absolute atomic E-state index is 13.4. The fraction of sp³-hybridized carbons (Fsp3) is 0.235. The van der Waals surface area contributed by atoms with Crippen LogP contribution in [0.5, 0.6) is 0 Å². The zero-order valence-corrected chi connectivity index (χ0v) is 12.9. The highest BCUT2D eigenvalue weighted by Gasteiger charge is 2.54. The van der Waals surface area contributed by atoms with Crippen LogP contribution in [0.1, 0.15) is 15.9 Å². The molecule has 0 aliphatic rings. The Morgan fingerprint density at radius 1 is 1.04 bits per heavy atom. The number of rotatable bonds is 7. The van der Waals surface area contributed by atoms with Gasteiger partial charge in [-0.1, -0.05) is 60.7 Å². The Balaban J connectivity index is 2.29. The van der Waals surface area contributed by atoms with Crippen LogP contribution < -0.4 is 5.32 Å². The highest BCUT2D eigenvalue weighted by atomic mass is 19.4. The minimum atomic E-state index is -4.96. The Labute approximate surface area is 141 Å². The molecule has 8 heteroatoms. The van der Waals surface area contributed by atoms with Crippen molar-refractivity contribution in [2.75, 3.05) is 0 Å². The summed E-state index contributed by atoms with van der Waals surface area (Å²) < 4.78 is 40.2. The van der Waals surface area contributed by atoms with E-state index in [0.29, 0.717) is 5.56 Å². The van der Waals surface area contributed by atoms with Crippen LogP contribution in [0.2, 0.25) is 0 Å². The topological polar surface area (TPSA) is 72.2 Å². The number of nitrogens with zero attached hydrogens (tertiary/aromatic N) is 1. The first-order chi connectivity index (χ1) is 11.8. The van der Waals surface area contributed by atoms with Gasteiger partial charge in [-0.05, 0) is 5.56 Å². The average molecular weight is 352 g/mol. The molecule has 0 spiro atoms. The second-order valence-electron chi connectivity index (χ2n) is 5.35. The normalized spacial score (nSPS) is 13.9. The Kier molecular flexibility index (Phi) is 5.87. The standard InChI is InChI=1S/C17H15F3N2O3/c18-17(19,20)16(21-11-12-7-3-1-4-8-12)14(22(24)25)15(23)13-9-5-2-6-10-13/h1-10,14,16,21H,11H2/t14-,16+/m0/s1. The monoisotopic (exact) mass is 352 g/mol. The van der Waals surface area contributed by atoms with Crippen molar-refractivity contribution in [2.45, 2.75) is 24.8 Å². The van der Waals surface area contributed by atoms with Gasteiger partial charge in [0.2, 0.25) is 5.78 Å². The molecule has 2 atom stereocenters. The van der Waals surface area contributed by atoms with E-state index in [1.807, 2.05) is 0 Å². The largest absolute Gasteiger partial charge is 0.411 e. The van der Waals surface area contributed by atoms with Crippen molar-refractivity contribution in [3.05, 3.63) is 81.9 Å². The molecule has 0 saturated carbocycles. The van der Waals surface area contributed by atoms with Crippen LogP contribution in [0.3, 0.4) is 0 Å². The summed E-state index contributed by atoms with van der Waals surface area (Å²) in [7, 11) is 0. The lowest BCUT2D eigenvalue weighted by atomic mass is 9.97. The third-order valence-corrected chi connectivity index (χ3v) is 3.59. The third-order valence-electron chi connectivity index (χ3n) is 3.59. The van der Waals surface area contributed by atoms with E-state index in [9.17, 15) is 28.1 Å². The number of nitro groups is 1. The Bertz CT molecular complexity index is 721. The molecule has 1 N–H and O–H groups in total. The molecule has 2 rings (SSSR count). The third kappa shape index (κ3) is 4.87. The molecule has 0 amide bonds. The molecule has 0 aromatic heterocycles. The number of carbonyl (C=O) groups excluding carboxylic acids is 1. The van der Waals surface area contributed by atoms with Crippen LogP contribution in [0.25, 0.3) is 0 Å². The Hall–Kier alpha value is -2.74. The van der Waals surface area contributed by atoms with E-state index >= 15 is 0 Å². The van der Waals surface area contributed by atoms with Gasteiger partial charge in [0.25, 0.3) is 6.04 Å². The number of nitrogens with one attached hydrogen (secondary N) is 1. The number of alkyl halides is 3. The first-order valence-corrected chi connectivity index (χ1v) is 7.37. The highest BCUT2D eigenvalue weighted by Crippen LogP contribution is 2.26. The van der Waals surface area contributed by atoms with Crippen molar-refractivity contribution in [2.24, 2.45) is 0 Å². The van der Waals surface area contributed by atoms with Crippen molar-refractivity contribution in [1.82, 2.24) is 5.32 Å². The molecule has 132 valence electrons. The van der Waals surface area contributed by atoms with Gasteiger partial charge in [-0.3, -0.25) is 20.2 Å². The van der Waals surface area contributed by atoms with E-state index in [4.69, 9.17) is 0 Å². The number of benzene rings is 2. The van der Waals surface area contributed by atoms with E-state index in [2.05, 4.69) is 5.32 Å². The molecule has 2 aromatic carbocycles. The molecule has 0 heterocycles. The fourth-order valence-corrected chi connectivity index (χ4v) is 2.37. The number of hydrogen-bond acceptors (Lipinski definition) is 4. The van der Waals surface area contributed by atoms with E-state index in [0.717, 1.165) is 0 Å². The number of hydrogen-bond donors (Lipinski definition) is 1. The van der Waals surface area contributed by atoms with Gasteiger partial charge in [0.15, 0.2) is 6.04 Å². The summed E-state index contributed by atoms with van der Waals surface area (Å²) in [5, 5.41) is 13.4. The summed E-state index contributed by atoms with van der Waals surface area (Å²) >= 11 is 0. The van der Waals surface area contributed by atoms with Crippen molar-refractivity contribution in [1.29, 1.82) is 0 Å². The maximum Gasteiger partial charge on any atom is 0.411 e. The summed E-state index contributed by atoms with van der Waals surface area (Å²) in [6, 6.07) is 10.0. The maximum atomic E-state index is 13.4. The molecular formula is C17H15F3N2O3. The van der Waals surface area contributed by atoms with Gasteiger partial charge in [0, 0.05) is 17.0 Å². The van der Waals surface area contributed by atoms with Crippen LogP contribution in [0.4, 0.5) is 13.2 Å². The predicted octanol–water partition coefficient (Wildman–Crippen LogP) is 3.24. The lowest BCUT2D eigenvalue weighted by molar-refractivity contribution is -0.517. The summed E-state index contributed by atoms with van der Waals surface area (Å²) in [5.41, 5.74) is 0.381. The van der Waals surface area contributed by atoms with Crippen LogP contribution >= 0.6 is 0 Å². The minimum absolute atomic E-state index is 0.139. The van der Waals surface area contributed by atoms with Crippen molar-refractivity contribution < 1.29 is 22.9 Å². The molecule has 0 radical (unpaired) electrons. The van der Waals surface area contributed by atoms with Crippen molar-refractivity contribution in [3.63, 3.8) is 0 Å².